The number of rotatable bonds is 0. The van der Waals surface area contributed by atoms with Gasteiger partial charge in [-0.1, -0.05) is 13.8 Å². The maximum Gasteiger partial charge on any atom is 0.0302 e. The first-order valence-electron chi connectivity index (χ1n) is 4.64. The minimum Gasteiger partial charge on any atom is -0.312 e. The Labute approximate surface area is 78.8 Å². The van der Waals surface area contributed by atoms with Crippen LogP contribution in [0.4, 0.5) is 0 Å². The molecule has 0 aliphatic carbocycles. The normalized spacial score (nSPS) is 14.6. The summed E-state index contributed by atoms with van der Waals surface area (Å²) in [5.74, 6) is 0. The summed E-state index contributed by atoms with van der Waals surface area (Å²) < 4.78 is 0. The SMILES string of the molecule is CC.Cc1csc2c1CCNC2. The van der Waals surface area contributed by atoms with Crippen LogP contribution in [0.1, 0.15) is 29.9 Å². The van der Waals surface area contributed by atoms with Crippen LogP contribution in [0, 0.1) is 6.92 Å². The first-order valence-corrected chi connectivity index (χ1v) is 5.52. The summed E-state index contributed by atoms with van der Waals surface area (Å²) in [6.07, 6.45) is 1.23. The molecule has 12 heavy (non-hydrogen) atoms. The maximum atomic E-state index is 3.36. The van der Waals surface area contributed by atoms with E-state index in [1.165, 1.54) is 12.0 Å². The van der Waals surface area contributed by atoms with Gasteiger partial charge < -0.3 is 5.32 Å². The quantitative estimate of drug-likeness (QED) is 0.652. The van der Waals surface area contributed by atoms with E-state index in [2.05, 4.69) is 17.6 Å². The Kier molecular flexibility index (Phi) is 3.76. The molecule has 1 aliphatic heterocycles. The lowest BCUT2D eigenvalue weighted by Gasteiger charge is -2.12. The van der Waals surface area contributed by atoms with E-state index in [9.17, 15) is 0 Å². The lowest BCUT2D eigenvalue weighted by atomic mass is 10.1. The molecule has 1 N–H and O–H groups in total. The summed E-state index contributed by atoms with van der Waals surface area (Å²) in [6.45, 7) is 8.46. The van der Waals surface area contributed by atoms with Crippen molar-refractivity contribution >= 4 is 11.3 Å². The van der Waals surface area contributed by atoms with Gasteiger partial charge in [0, 0.05) is 11.4 Å². The van der Waals surface area contributed by atoms with Crippen molar-refractivity contribution in [2.75, 3.05) is 6.54 Å². The molecular formula is C10H17NS. The molecule has 0 saturated carbocycles. The van der Waals surface area contributed by atoms with Crippen molar-refractivity contribution in [1.29, 1.82) is 0 Å². The Morgan fingerprint density at radius 1 is 1.42 bits per heavy atom. The first-order chi connectivity index (χ1) is 5.88. The summed E-state index contributed by atoms with van der Waals surface area (Å²) in [5.41, 5.74) is 3.09. The highest BCUT2D eigenvalue weighted by molar-refractivity contribution is 7.10. The van der Waals surface area contributed by atoms with E-state index in [4.69, 9.17) is 0 Å². The third-order valence-electron chi connectivity index (χ3n) is 2.03. The fraction of sp³-hybridized carbons (Fsp3) is 0.600. The summed E-state index contributed by atoms with van der Waals surface area (Å²) in [5, 5.41) is 5.63. The van der Waals surface area contributed by atoms with Crippen LogP contribution >= 0.6 is 11.3 Å². The van der Waals surface area contributed by atoms with Crippen LogP contribution in [0.5, 0.6) is 0 Å². The van der Waals surface area contributed by atoms with Crippen molar-refractivity contribution in [2.24, 2.45) is 0 Å². The molecule has 0 spiro atoms. The van der Waals surface area contributed by atoms with Crippen molar-refractivity contribution in [3.05, 3.63) is 21.4 Å². The zero-order valence-corrected chi connectivity index (χ0v) is 8.92. The maximum absolute atomic E-state index is 3.36. The van der Waals surface area contributed by atoms with Crippen LogP contribution in [-0.2, 0) is 13.0 Å². The molecule has 2 heteroatoms. The van der Waals surface area contributed by atoms with Gasteiger partial charge >= 0.3 is 0 Å². The fourth-order valence-electron chi connectivity index (χ4n) is 1.42. The standard InChI is InChI=1S/C8H11NS.C2H6/c1-6-5-10-8-4-9-3-2-7(6)8;1-2/h5,9H,2-4H2,1H3;1-2H3. The molecule has 2 rings (SSSR count). The second kappa shape index (κ2) is 4.63. The average molecular weight is 183 g/mol. The Balaban J connectivity index is 0.000000336. The Hall–Kier alpha value is -0.340. The Bertz CT molecular complexity index is 240. The molecule has 0 aromatic carbocycles. The molecule has 0 radical (unpaired) electrons. The highest BCUT2D eigenvalue weighted by atomic mass is 32.1. The topological polar surface area (TPSA) is 12.0 Å². The predicted octanol–water partition coefficient (Wildman–Crippen LogP) is 2.73. The van der Waals surface area contributed by atoms with Crippen molar-refractivity contribution in [1.82, 2.24) is 5.32 Å². The molecule has 1 aromatic rings. The minimum absolute atomic E-state index is 1.09. The summed E-state index contributed by atoms with van der Waals surface area (Å²) >= 11 is 1.89. The van der Waals surface area contributed by atoms with E-state index < -0.39 is 0 Å². The number of hydrogen-bond acceptors (Lipinski definition) is 2. The zero-order valence-electron chi connectivity index (χ0n) is 8.11. The molecule has 0 bridgehead atoms. The second-order valence-electron chi connectivity index (χ2n) is 2.75. The van der Waals surface area contributed by atoms with Gasteiger partial charge in [-0.15, -0.1) is 11.3 Å². The number of aryl methyl sites for hydroxylation is 1. The van der Waals surface area contributed by atoms with E-state index in [0.29, 0.717) is 0 Å². The molecule has 1 aliphatic rings. The average Bonchev–Trinajstić information content (AvgIpc) is 2.53. The molecule has 1 aromatic heterocycles. The van der Waals surface area contributed by atoms with E-state index in [1.807, 2.05) is 25.2 Å². The largest absolute Gasteiger partial charge is 0.312 e. The highest BCUT2D eigenvalue weighted by Gasteiger charge is 2.11. The molecule has 0 unspecified atom stereocenters. The van der Waals surface area contributed by atoms with Crippen LogP contribution in [0.15, 0.2) is 5.38 Å². The molecule has 0 atom stereocenters. The molecule has 2 heterocycles. The lowest BCUT2D eigenvalue weighted by Crippen LogP contribution is -2.22. The van der Waals surface area contributed by atoms with E-state index in [1.54, 1.807) is 10.4 Å². The summed E-state index contributed by atoms with van der Waals surface area (Å²) in [4.78, 5) is 1.55. The van der Waals surface area contributed by atoms with Crippen LogP contribution < -0.4 is 5.32 Å². The zero-order chi connectivity index (χ0) is 8.97. The summed E-state index contributed by atoms with van der Waals surface area (Å²) in [7, 11) is 0. The van der Waals surface area contributed by atoms with Gasteiger partial charge in [-0.05, 0) is 36.4 Å². The van der Waals surface area contributed by atoms with E-state index in [-0.39, 0.29) is 0 Å². The van der Waals surface area contributed by atoms with E-state index >= 15 is 0 Å². The van der Waals surface area contributed by atoms with Gasteiger partial charge in [0.2, 0.25) is 0 Å². The van der Waals surface area contributed by atoms with Gasteiger partial charge in [-0.2, -0.15) is 0 Å². The van der Waals surface area contributed by atoms with Crippen molar-refractivity contribution in [3.63, 3.8) is 0 Å². The third kappa shape index (κ3) is 1.87. The Morgan fingerprint density at radius 3 is 2.83 bits per heavy atom. The Morgan fingerprint density at radius 2 is 2.17 bits per heavy atom. The van der Waals surface area contributed by atoms with E-state index in [0.717, 1.165) is 13.1 Å². The van der Waals surface area contributed by atoms with Crippen LogP contribution in [0.25, 0.3) is 0 Å². The van der Waals surface area contributed by atoms with Crippen molar-refractivity contribution in [3.8, 4) is 0 Å². The highest BCUT2D eigenvalue weighted by Crippen LogP contribution is 2.24. The second-order valence-corrected chi connectivity index (χ2v) is 3.71. The van der Waals surface area contributed by atoms with Gasteiger partial charge in [0.15, 0.2) is 0 Å². The number of thiophene rings is 1. The minimum atomic E-state index is 1.09. The number of fused-ring (bicyclic) bond motifs is 1. The van der Waals surface area contributed by atoms with Gasteiger partial charge in [0.25, 0.3) is 0 Å². The monoisotopic (exact) mass is 183 g/mol. The first kappa shape index (κ1) is 9.75. The van der Waals surface area contributed by atoms with Gasteiger partial charge in [-0.3, -0.25) is 0 Å². The van der Waals surface area contributed by atoms with Gasteiger partial charge in [0.1, 0.15) is 0 Å². The molecule has 0 saturated heterocycles. The van der Waals surface area contributed by atoms with Gasteiger partial charge in [-0.25, -0.2) is 0 Å². The van der Waals surface area contributed by atoms with Gasteiger partial charge in [0.05, 0.1) is 0 Å². The molecule has 0 amide bonds. The molecule has 0 fully saturated rings. The smallest absolute Gasteiger partial charge is 0.0302 e. The van der Waals surface area contributed by atoms with Crippen LogP contribution in [-0.4, -0.2) is 6.54 Å². The predicted molar refractivity (Wildman–Crippen MR) is 55.8 cm³/mol. The van der Waals surface area contributed by atoms with Crippen LogP contribution in [0.2, 0.25) is 0 Å². The fourth-order valence-corrected chi connectivity index (χ4v) is 2.47. The summed E-state index contributed by atoms with van der Waals surface area (Å²) in [6, 6.07) is 0. The number of hydrogen-bond donors (Lipinski definition) is 1. The third-order valence-corrected chi connectivity index (χ3v) is 3.17. The van der Waals surface area contributed by atoms with Crippen molar-refractivity contribution < 1.29 is 0 Å². The molecule has 1 nitrogen and oxygen atoms in total. The molecule has 68 valence electrons. The molecular weight excluding hydrogens is 166 g/mol. The number of nitrogens with one attached hydrogen (secondary N) is 1. The van der Waals surface area contributed by atoms with Crippen LogP contribution in [0.3, 0.4) is 0 Å². The van der Waals surface area contributed by atoms with Crippen molar-refractivity contribution in [2.45, 2.75) is 33.7 Å². The lowest BCUT2D eigenvalue weighted by molar-refractivity contribution is 0.652.